The van der Waals surface area contributed by atoms with E-state index in [1.807, 2.05) is 6.07 Å². The lowest BCUT2D eigenvalue weighted by molar-refractivity contribution is 0.769. The molecular weight excluding hydrogens is 576 g/mol. The van der Waals surface area contributed by atoms with Crippen molar-refractivity contribution in [2.45, 2.75) is 5.41 Å². The van der Waals surface area contributed by atoms with Crippen molar-refractivity contribution in [1.82, 2.24) is 0 Å². The van der Waals surface area contributed by atoms with E-state index < -0.39 is 5.41 Å². The second-order valence-electron chi connectivity index (χ2n) is 12.2. The molecular formula is C45H29Cl. The molecule has 0 unspecified atom stereocenters. The van der Waals surface area contributed by atoms with Gasteiger partial charge in [0.1, 0.15) is 0 Å². The Morgan fingerprint density at radius 1 is 0.348 bits per heavy atom. The molecule has 46 heavy (non-hydrogen) atoms. The van der Waals surface area contributed by atoms with E-state index in [0.717, 1.165) is 10.6 Å². The summed E-state index contributed by atoms with van der Waals surface area (Å²) >= 11 is 6.78. The van der Waals surface area contributed by atoms with Crippen LogP contribution in [-0.2, 0) is 5.41 Å². The predicted molar refractivity (Wildman–Crippen MR) is 195 cm³/mol. The topological polar surface area (TPSA) is 0 Å². The minimum absolute atomic E-state index is 0.452. The smallest absolute Gasteiger partial charge is 0.0713 e. The predicted octanol–water partition coefficient (Wildman–Crippen LogP) is 12.3. The molecule has 0 N–H and O–H groups in total. The van der Waals surface area contributed by atoms with Crippen LogP contribution in [0.25, 0.3) is 54.9 Å². The van der Waals surface area contributed by atoms with E-state index in [0.29, 0.717) is 0 Å². The van der Waals surface area contributed by atoms with Gasteiger partial charge < -0.3 is 0 Å². The summed E-state index contributed by atoms with van der Waals surface area (Å²) in [7, 11) is 0. The van der Waals surface area contributed by atoms with Gasteiger partial charge in [-0.3, -0.25) is 0 Å². The number of hydrogen-bond acceptors (Lipinski definition) is 0. The fraction of sp³-hybridized carbons (Fsp3) is 0.0222. The van der Waals surface area contributed by atoms with Crippen molar-refractivity contribution in [3.8, 4) is 33.4 Å². The largest absolute Gasteiger partial charge is 0.0843 e. The van der Waals surface area contributed by atoms with Gasteiger partial charge in [0.25, 0.3) is 0 Å². The lowest BCUT2D eigenvalue weighted by atomic mass is 9.67. The molecule has 1 aliphatic carbocycles. The summed E-state index contributed by atoms with van der Waals surface area (Å²) in [4.78, 5) is 0. The van der Waals surface area contributed by atoms with Crippen LogP contribution in [-0.4, -0.2) is 0 Å². The van der Waals surface area contributed by atoms with E-state index in [1.165, 1.54) is 71.6 Å². The normalized spacial score (nSPS) is 13.1. The number of rotatable bonds is 4. The molecule has 8 aromatic rings. The van der Waals surface area contributed by atoms with Crippen LogP contribution >= 0.6 is 11.6 Å². The van der Waals surface area contributed by atoms with Crippen LogP contribution in [0.1, 0.15) is 22.3 Å². The van der Waals surface area contributed by atoms with E-state index >= 15 is 0 Å². The molecule has 216 valence electrons. The maximum absolute atomic E-state index is 6.78. The first-order valence-corrected chi connectivity index (χ1v) is 16.2. The number of benzene rings is 8. The molecule has 0 heterocycles. The average Bonchev–Trinajstić information content (AvgIpc) is 3.42. The third kappa shape index (κ3) is 3.94. The van der Waals surface area contributed by atoms with Gasteiger partial charge >= 0.3 is 0 Å². The number of hydrogen-bond donors (Lipinski definition) is 0. The Labute approximate surface area is 274 Å². The van der Waals surface area contributed by atoms with Crippen LogP contribution < -0.4 is 0 Å². The summed E-state index contributed by atoms with van der Waals surface area (Å²) in [5.74, 6) is 0. The van der Waals surface area contributed by atoms with Crippen LogP contribution in [0.3, 0.4) is 0 Å². The molecule has 0 aromatic heterocycles. The van der Waals surface area contributed by atoms with E-state index in [-0.39, 0.29) is 0 Å². The van der Waals surface area contributed by atoms with Crippen LogP contribution in [0, 0.1) is 0 Å². The molecule has 0 saturated heterocycles. The molecule has 0 spiro atoms. The second kappa shape index (κ2) is 10.6. The van der Waals surface area contributed by atoms with Gasteiger partial charge in [0.15, 0.2) is 0 Å². The van der Waals surface area contributed by atoms with Crippen molar-refractivity contribution >= 4 is 33.1 Å². The third-order valence-corrected chi connectivity index (χ3v) is 10.0. The molecule has 0 fully saturated rings. The van der Waals surface area contributed by atoms with E-state index in [9.17, 15) is 0 Å². The van der Waals surface area contributed by atoms with Gasteiger partial charge in [-0.1, -0.05) is 163 Å². The van der Waals surface area contributed by atoms with Crippen molar-refractivity contribution in [3.63, 3.8) is 0 Å². The lowest BCUT2D eigenvalue weighted by Gasteiger charge is -2.34. The zero-order valence-corrected chi connectivity index (χ0v) is 25.9. The minimum Gasteiger partial charge on any atom is -0.0843 e. The lowest BCUT2D eigenvalue weighted by Crippen LogP contribution is -2.28. The Morgan fingerprint density at radius 3 is 1.70 bits per heavy atom. The maximum Gasteiger partial charge on any atom is 0.0713 e. The number of halogens is 1. The Balaban J connectivity index is 1.35. The Morgan fingerprint density at radius 2 is 0.935 bits per heavy atom. The molecule has 8 aromatic carbocycles. The summed E-state index contributed by atoms with van der Waals surface area (Å²) in [5, 5.41) is 5.68. The van der Waals surface area contributed by atoms with Gasteiger partial charge in [0.2, 0.25) is 0 Å². The second-order valence-corrected chi connectivity index (χ2v) is 12.6. The van der Waals surface area contributed by atoms with Crippen molar-refractivity contribution < 1.29 is 0 Å². The zero-order chi connectivity index (χ0) is 30.7. The SMILES string of the molecule is Clc1ccc(-c2ccc3c(c2)C(c2ccccc2)(c2ccccc2)c2ccccc2-3)c(-c2cc3ccccc3c3ccccc23)c1. The molecule has 0 nitrogen and oxygen atoms in total. The van der Waals surface area contributed by atoms with Gasteiger partial charge in [-0.25, -0.2) is 0 Å². The average molecular weight is 605 g/mol. The standard InChI is InChI=1S/C45H29Cl/c46-34-24-26-36(42(29-34)41-27-30-13-7-8-18-35(30)37-19-9-10-20-38(37)41)31-23-25-40-39-21-11-12-22-43(39)45(44(40)28-31,32-14-3-1-4-15-32)33-16-5-2-6-17-33/h1-29H. The molecule has 1 aliphatic rings. The van der Waals surface area contributed by atoms with Gasteiger partial charge in [-0.15, -0.1) is 0 Å². The van der Waals surface area contributed by atoms with E-state index in [4.69, 9.17) is 11.6 Å². The van der Waals surface area contributed by atoms with E-state index in [2.05, 4.69) is 170 Å². The highest BCUT2D eigenvalue weighted by molar-refractivity contribution is 6.31. The quantitative estimate of drug-likeness (QED) is 0.175. The number of fused-ring (bicyclic) bond motifs is 6. The molecule has 0 radical (unpaired) electrons. The molecule has 0 bridgehead atoms. The summed E-state index contributed by atoms with van der Waals surface area (Å²) < 4.78 is 0. The van der Waals surface area contributed by atoms with Gasteiger partial charge in [-0.2, -0.15) is 0 Å². The highest BCUT2D eigenvalue weighted by atomic mass is 35.5. The summed E-state index contributed by atoms with van der Waals surface area (Å²) in [6.07, 6.45) is 0. The molecule has 9 rings (SSSR count). The summed E-state index contributed by atoms with van der Waals surface area (Å²) in [6, 6.07) is 64.0. The molecule has 0 atom stereocenters. The van der Waals surface area contributed by atoms with Gasteiger partial charge in [0.05, 0.1) is 5.41 Å². The zero-order valence-electron chi connectivity index (χ0n) is 25.1. The van der Waals surface area contributed by atoms with Crippen molar-refractivity contribution in [2.24, 2.45) is 0 Å². The monoisotopic (exact) mass is 604 g/mol. The first kappa shape index (κ1) is 26.9. The van der Waals surface area contributed by atoms with Crippen molar-refractivity contribution in [3.05, 3.63) is 203 Å². The Bertz CT molecular complexity index is 2380. The molecule has 0 saturated carbocycles. The van der Waals surface area contributed by atoms with Crippen LogP contribution in [0.5, 0.6) is 0 Å². The first-order valence-electron chi connectivity index (χ1n) is 15.8. The van der Waals surface area contributed by atoms with Crippen molar-refractivity contribution in [1.29, 1.82) is 0 Å². The molecule has 1 heteroatoms. The van der Waals surface area contributed by atoms with Gasteiger partial charge in [-0.05, 0) is 101 Å². The summed E-state index contributed by atoms with van der Waals surface area (Å²) in [5.41, 5.74) is 11.9. The minimum atomic E-state index is -0.452. The fourth-order valence-electron chi connectivity index (χ4n) is 7.88. The highest BCUT2D eigenvalue weighted by Gasteiger charge is 2.46. The van der Waals surface area contributed by atoms with Crippen molar-refractivity contribution in [2.75, 3.05) is 0 Å². The Hall–Kier alpha value is -5.43. The Kier molecular flexibility index (Phi) is 6.20. The molecule has 0 amide bonds. The van der Waals surface area contributed by atoms with Gasteiger partial charge in [0, 0.05) is 5.02 Å². The maximum atomic E-state index is 6.78. The third-order valence-electron chi connectivity index (χ3n) is 9.81. The van der Waals surface area contributed by atoms with Crippen LogP contribution in [0.2, 0.25) is 5.02 Å². The first-order chi connectivity index (χ1) is 22.7. The van der Waals surface area contributed by atoms with E-state index in [1.54, 1.807) is 0 Å². The highest BCUT2D eigenvalue weighted by Crippen LogP contribution is 2.57. The summed E-state index contributed by atoms with van der Waals surface area (Å²) in [6.45, 7) is 0. The fourth-order valence-corrected chi connectivity index (χ4v) is 8.05. The van der Waals surface area contributed by atoms with Crippen LogP contribution in [0.4, 0.5) is 0 Å². The molecule has 0 aliphatic heterocycles. The van der Waals surface area contributed by atoms with Crippen LogP contribution in [0.15, 0.2) is 176 Å².